The van der Waals surface area contributed by atoms with Crippen LogP contribution in [0.5, 0.6) is 5.75 Å². The topological polar surface area (TPSA) is 54.7 Å². The summed E-state index contributed by atoms with van der Waals surface area (Å²) in [4.78, 5) is 8.84. The highest BCUT2D eigenvalue weighted by Gasteiger charge is 2.08. The Labute approximate surface area is 173 Å². The first-order valence-corrected chi connectivity index (χ1v) is 10.3. The van der Waals surface area contributed by atoms with Gasteiger partial charge in [0.05, 0.1) is 24.7 Å². The molecule has 0 atom stereocenters. The molecule has 0 spiro atoms. The molecule has 0 aliphatic heterocycles. The van der Waals surface area contributed by atoms with Gasteiger partial charge in [0.15, 0.2) is 0 Å². The standard InChI is InChI=1S/C23H22N4OS/c1-28-21-11-9-19(10-12-21)22-17-29-23(25-15-13-18-6-3-2-4-7-18)27(22)26-16-20-8-5-14-24-20/h2-12,14,16-17,24H,13,15H2,1H3. The SMILES string of the molecule is COc1ccc(-c2csc(=NCCc3ccccc3)n2N=Cc2ccc[nH]2)cc1. The van der Waals surface area contributed by atoms with Crippen molar-refractivity contribution in [3.05, 3.63) is 94.4 Å². The molecule has 0 radical (unpaired) electrons. The van der Waals surface area contributed by atoms with Crippen LogP contribution in [0.15, 0.2) is 88.4 Å². The van der Waals surface area contributed by atoms with Crippen LogP contribution in [-0.2, 0) is 6.42 Å². The third-order valence-corrected chi connectivity index (χ3v) is 5.35. The first-order valence-electron chi connectivity index (χ1n) is 9.40. The number of H-pyrrole nitrogens is 1. The molecular weight excluding hydrogens is 380 g/mol. The molecule has 0 aliphatic carbocycles. The Balaban J connectivity index is 1.66. The Morgan fingerprint density at radius 1 is 1.03 bits per heavy atom. The van der Waals surface area contributed by atoms with E-state index >= 15 is 0 Å². The molecule has 0 bridgehead atoms. The second-order valence-corrected chi connectivity index (χ2v) is 7.27. The summed E-state index contributed by atoms with van der Waals surface area (Å²) in [7, 11) is 1.67. The molecule has 0 fully saturated rings. The van der Waals surface area contributed by atoms with Gasteiger partial charge in [-0.1, -0.05) is 30.3 Å². The molecule has 2 aromatic heterocycles. The van der Waals surface area contributed by atoms with Gasteiger partial charge in [-0.2, -0.15) is 5.10 Å². The van der Waals surface area contributed by atoms with Gasteiger partial charge < -0.3 is 9.72 Å². The molecule has 2 aromatic carbocycles. The first kappa shape index (κ1) is 19.0. The molecule has 4 aromatic rings. The number of aromatic amines is 1. The van der Waals surface area contributed by atoms with E-state index in [1.807, 2.05) is 59.6 Å². The van der Waals surface area contributed by atoms with Gasteiger partial charge in [-0.3, -0.25) is 4.99 Å². The monoisotopic (exact) mass is 402 g/mol. The third-order valence-electron chi connectivity index (χ3n) is 4.50. The predicted octanol–water partition coefficient (Wildman–Crippen LogP) is 4.58. The zero-order valence-electron chi connectivity index (χ0n) is 16.2. The number of methoxy groups -OCH3 is 1. The second kappa shape index (κ2) is 9.21. The summed E-state index contributed by atoms with van der Waals surface area (Å²) in [5, 5.41) is 6.79. The van der Waals surface area contributed by atoms with Crippen LogP contribution in [0, 0.1) is 0 Å². The molecule has 4 rings (SSSR count). The van der Waals surface area contributed by atoms with Crippen LogP contribution in [0.1, 0.15) is 11.3 Å². The lowest BCUT2D eigenvalue weighted by atomic mass is 10.1. The summed E-state index contributed by atoms with van der Waals surface area (Å²) in [5.41, 5.74) is 4.29. The van der Waals surface area contributed by atoms with Crippen LogP contribution in [0.2, 0.25) is 0 Å². The summed E-state index contributed by atoms with van der Waals surface area (Å²) >= 11 is 1.59. The van der Waals surface area contributed by atoms with Crippen molar-refractivity contribution in [1.82, 2.24) is 9.66 Å². The number of ether oxygens (including phenoxy) is 1. The second-order valence-electron chi connectivity index (χ2n) is 6.43. The predicted molar refractivity (Wildman–Crippen MR) is 119 cm³/mol. The fraction of sp³-hybridized carbons (Fsp3) is 0.130. The van der Waals surface area contributed by atoms with Crippen molar-refractivity contribution in [1.29, 1.82) is 0 Å². The summed E-state index contributed by atoms with van der Waals surface area (Å²) < 4.78 is 7.18. The van der Waals surface area contributed by atoms with E-state index in [1.165, 1.54) is 5.56 Å². The van der Waals surface area contributed by atoms with Gasteiger partial charge in [0, 0.05) is 23.7 Å². The zero-order valence-corrected chi connectivity index (χ0v) is 17.0. The van der Waals surface area contributed by atoms with Crippen molar-refractivity contribution in [3.63, 3.8) is 0 Å². The molecule has 5 nitrogen and oxygen atoms in total. The highest BCUT2D eigenvalue weighted by molar-refractivity contribution is 7.07. The van der Waals surface area contributed by atoms with Crippen molar-refractivity contribution >= 4 is 17.6 Å². The maximum Gasteiger partial charge on any atom is 0.206 e. The summed E-state index contributed by atoms with van der Waals surface area (Å²) in [6.07, 6.45) is 4.60. The number of thiazole rings is 1. The van der Waals surface area contributed by atoms with E-state index in [2.05, 4.69) is 34.6 Å². The molecule has 2 heterocycles. The van der Waals surface area contributed by atoms with Crippen LogP contribution < -0.4 is 9.54 Å². The fourth-order valence-corrected chi connectivity index (χ4v) is 3.81. The van der Waals surface area contributed by atoms with Gasteiger partial charge in [-0.25, -0.2) is 4.68 Å². The Bertz CT molecular complexity index is 1120. The average molecular weight is 403 g/mol. The number of hydrogen-bond donors (Lipinski definition) is 1. The minimum absolute atomic E-state index is 0.713. The maximum absolute atomic E-state index is 5.28. The molecule has 0 saturated carbocycles. The Morgan fingerprint density at radius 2 is 1.86 bits per heavy atom. The van der Waals surface area contributed by atoms with E-state index in [0.29, 0.717) is 6.54 Å². The molecule has 146 valence electrons. The zero-order chi connectivity index (χ0) is 19.9. The van der Waals surface area contributed by atoms with Crippen LogP contribution in [0.25, 0.3) is 11.3 Å². The van der Waals surface area contributed by atoms with Gasteiger partial charge in [0.1, 0.15) is 5.75 Å². The number of hydrogen-bond acceptors (Lipinski definition) is 4. The number of benzene rings is 2. The van der Waals surface area contributed by atoms with E-state index in [4.69, 9.17) is 14.8 Å². The van der Waals surface area contributed by atoms with Crippen LogP contribution in [0.4, 0.5) is 0 Å². The van der Waals surface area contributed by atoms with E-state index in [9.17, 15) is 0 Å². The maximum atomic E-state index is 5.28. The van der Waals surface area contributed by atoms with Gasteiger partial charge in [-0.15, -0.1) is 11.3 Å². The largest absolute Gasteiger partial charge is 0.497 e. The van der Waals surface area contributed by atoms with Gasteiger partial charge in [0.2, 0.25) is 4.80 Å². The summed E-state index contributed by atoms with van der Waals surface area (Å²) in [5.74, 6) is 0.832. The number of rotatable bonds is 7. The Morgan fingerprint density at radius 3 is 2.59 bits per heavy atom. The quantitative estimate of drug-likeness (QED) is 0.452. The highest BCUT2D eigenvalue weighted by Crippen LogP contribution is 2.23. The first-order chi connectivity index (χ1) is 14.3. The lowest BCUT2D eigenvalue weighted by Gasteiger charge is -2.05. The lowest BCUT2D eigenvalue weighted by molar-refractivity contribution is 0.415. The highest BCUT2D eigenvalue weighted by atomic mass is 32.1. The summed E-state index contributed by atoms with van der Waals surface area (Å²) in [6.45, 7) is 0.713. The number of nitrogens with one attached hydrogen (secondary N) is 1. The van der Waals surface area contributed by atoms with E-state index in [1.54, 1.807) is 18.4 Å². The van der Waals surface area contributed by atoms with E-state index in [-0.39, 0.29) is 0 Å². The average Bonchev–Trinajstić information content (AvgIpc) is 3.43. The molecule has 0 unspecified atom stereocenters. The molecule has 1 N–H and O–H groups in total. The lowest BCUT2D eigenvalue weighted by Crippen LogP contribution is -2.13. The molecule has 0 saturated heterocycles. The summed E-state index contributed by atoms with van der Waals surface area (Å²) in [6, 6.07) is 22.3. The van der Waals surface area contributed by atoms with Crippen molar-refractivity contribution in [3.8, 4) is 17.0 Å². The van der Waals surface area contributed by atoms with Crippen LogP contribution in [-0.4, -0.2) is 29.5 Å². The van der Waals surface area contributed by atoms with Gasteiger partial charge in [-0.05, 0) is 48.4 Å². The van der Waals surface area contributed by atoms with Crippen molar-refractivity contribution in [2.45, 2.75) is 6.42 Å². The van der Waals surface area contributed by atoms with Crippen LogP contribution in [0.3, 0.4) is 0 Å². The minimum atomic E-state index is 0.713. The molecule has 0 amide bonds. The minimum Gasteiger partial charge on any atom is -0.497 e. The molecule has 6 heteroatoms. The number of nitrogens with zero attached hydrogens (tertiary/aromatic N) is 3. The molecule has 29 heavy (non-hydrogen) atoms. The fourth-order valence-electron chi connectivity index (χ4n) is 2.95. The molecule has 0 aliphatic rings. The van der Waals surface area contributed by atoms with Crippen molar-refractivity contribution in [2.24, 2.45) is 10.1 Å². The third kappa shape index (κ3) is 4.73. The van der Waals surface area contributed by atoms with Crippen molar-refractivity contribution < 1.29 is 4.74 Å². The normalized spacial score (nSPS) is 12.0. The Hall–Kier alpha value is -3.38. The number of aromatic nitrogens is 2. The smallest absolute Gasteiger partial charge is 0.206 e. The van der Waals surface area contributed by atoms with E-state index in [0.717, 1.165) is 33.9 Å². The van der Waals surface area contributed by atoms with Gasteiger partial charge in [0.25, 0.3) is 0 Å². The van der Waals surface area contributed by atoms with Crippen molar-refractivity contribution in [2.75, 3.05) is 13.7 Å². The Kier molecular flexibility index (Phi) is 6.02. The van der Waals surface area contributed by atoms with Gasteiger partial charge >= 0.3 is 0 Å². The van der Waals surface area contributed by atoms with Crippen LogP contribution >= 0.6 is 11.3 Å². The van der Waals surface area contributed by atoms with E-state index < -0.39 is 0 Å². The molecular formula is C23H22N4OS.